The first kappa shape index (κ1) is 15.9. The van der Waals surface area contributed by atoms with Crippen molar-refractivity contribution in [1.82, 2.24) is 0 Å². The molecule has 3 aliphatic carbocycles. The molecule has 22 heavy (non-hydrogen) atoms. The molecule has 0 aromatic heterocycles. The van der Waals surface area contributed by atoms with Gasteiger partial charge in [0.15, 0.2) is 0 Å². The predicted octanol–water partition coefficient (Wildman–Crippen LogP) is 1.46. The van der Waals surface area contributed by atoms with Crippen LogP contribution in [0.1, 0.15) is 44.9 Å². The van der Waals surface area contributed by atoms with Crippen LogP contribution in [0.3, 0.4) is 0 Å². The van der Waals surface area contributed by atoms with Gasteiger partial charge in [-0.05, 0) is 62.0 Å². The third-order valence-electron chi connectivity index (χ3n) is 5.66. The average molecular weight is 302 g/mol. The molecule has 122 valence electrons. The van der Waals surface area contributed by atoms with Crippen LogP contribution in [0.15, 0.2) is 34.9 Å². The van der Waals surface area contributed by atoms with Gasteiger partial charge in [-0.15, -0.1) is 0 Å². The molecule has 0 bridgehead atoms. The summed E-state index contributed by atoms with van der Waals surface area (Å²) in [6.45, 7) is 0. The van der Waals surface area contributed by atoms with Crippen molar-refractivity contribution < 1.29 is 0 Å². The van der Waals surface area contributed by atoms with E-state index in [1.807, 2.05) is 0 Å². The normalized spacial score (nSPS) is 39.8. The molecule has 0 saturated heterocycles. The van der Waals surface area contributed by atoms with E-state index in [0.717, 1.165) is 38.5 Å². The van der Waals surface area contributed by atoms with Gasteiger partial charge in [0, 0.05) is 24.2 Å². The van der Waals surface area contributed by atoms with Crippen molar-refractivity contribution in [2.45, 2.75) is 69.1 Å². The van der Waals surface area contributed by atoms with Crippen molar-refractivity contribution in [2.24, 2.45) is 28.9 Å². The van der Waals surface area contributed by atoms with E-state index in [4.69, 9.17) is 22.9 Å². The van der Waals surface area contributed by atoms with Crippen LogP contribution in [0.2, 0.25) is 0 Å². The van der Waals surface area contributed by atoms with Gasteiger partial charge in [-0.2, -0.15) is 0 Å². The molecule has 0 amide bonds. The van der Waals surface area contributed by atoms with E-state index in [1.165, 1.54) is 23.1 Å². The molecule has 5 unspecified atom stereocenters. The van der Waals surface area contributed by atoms with Gasteiger partial charge in [-0.25, -0.2) is 0 Å². The molecule has 0 radical (unpaired) electrons. The van der Waals surface area contributed by atoms with E-state index in [-0.39, 0.29) is 24.2 Å². The fraction of sp³-hybridized carbons (Fsp3) is 0.667. The Kier molecular flexibility index (Phi) is 4.83. The Hall–Kier alpha value is -0.940. The van der Waals surface area contributed by atoms with E-state index >= 15 is 0 Å². The molecule has 0 fully saturated rings. The molecule has 3 rings (SSSR count). The second kappa shape index (κ2) is 6.67. The second-order valence-corrected chi connectivity index (χ2v) is 7.24. The molecule has 8 N–H and O–H groups in total. The highest BCUT2D eigenvalue weighted by molar-refractivity contribution is 5.36. The second-order valence-electron chi connectivity index (χ2n) is 7.24. The van der Waals surface area contributed by atoms with Gasteiger partial charge in [0.05, 0.1) is 0 Å². The van der Waals surface area contributed by atoms with Gasteiger partial charge in [0.25, 0.3) is 0 Å². The smallest absolute Gasteiger partial charge is 0.0236 e. The van der Waals surface area contributed by atoms with Gasteiger partial charge in [-0.1, -0.05) is 23.8 Å². The molecule has 0 aromatic carbocycles. The van der Waals surface area contributed by atoms with Crippen molar-refractivity contribution in [3.05, 3.63) is 34.9 Å². The highest BCUT2D eigenvalue weighted by atomic mass is 14.8. The number of nitrogens with two attached hydrogens (primary N) is 4. The van der Waals surface area contributed by atoms with Crippen LogP contribution in [0.5, 0.6) is 0 Å². The van der Waals surface area contributed by atoms with Crippen molar-refractivity contribution in [3.63, 3.8) is 0 Å². The summed E-state index contributed by atoms with van der Waals surface area (Å²) in [7, 11) is 0. The molecule has 3 aliphatic rings. The number of hydrogen-bond acceptors (Lipinski definition) is 4. The summed E-state index contributed by atoms with van der Waals surface area (Å²) in [6.07, 6.45) is 14.3. The minimum Gasteiger partial charge on any atom is -0.326 e. The quantitative estimate of drug-likeness (QED) is 0.580. The zero-order valence-corrected chi connectivity index (χ0v) is 13.4. The van der Waals surface area contributed by atoms with Crippen LogP contribution >= 0.6 is 0 Å². The molecule has 0 heterocycles. The van der Waals surface area contributed by atoms with Crippen LogP contribution < -0.4 is 22.9 Å². The largest absolute Gasteiger partial charge is 0.326 e. The molecular formula is C18H30N4. The fourth-order valence-electron chi connectivity index (χ4n) is 3.97. The first-order valence-electron chi connectivity index (χ1n) is 8.64. The zero-order valence-electron chi connectivity index (χ0n) is 13.4. The molecular weight excluding hydrogens is 272 g/mol. The number of hydrogen-bond donors (Lipinski definition) is 4. The maximum absolute atomic E-state index is 6.13. The van der Waals surface area contributed by atoms with E-state index in [1.54, 1.807) is 0 Å². The summed E-state index contributed by atoms with van der Waals surface area (Å²) in [6, 6.07) is 0.500. The van der Waals surface area contributed by atoms with Crippen molar-refractivity contribution in [1.29, 1.82) is 0 Å². The Morgan fingerprint density at radius 1 is 0.682 bits per heavy atom. The maximum Gasteiger partial charge on any atom is 0.0236 e. The minimum atomic E-state index is 0.110. The van der Waals surface area contributed by atoms with Crippen molar-refractivity contribution in [2.75, 3.05) is 0 Å². The predicted molar refractivity (Wildman–Crippen MR) is 92.0 cm³/mol. The monoisotopic (exact) mass is 302 g/mol. The Balaban J connectivity index is 1.63. The van der Waals surface area contributed by atoms with Crippen LogP contribution in [0.25, 0.3) is 0 Å². The fourth-order valence-corrected chi connectivity index (χ4v) is 3.97. The Bertz CT molecular complexity index is 505. The molecule has 4 heteroatoms. The molecule has 5 atom stereocenters. The summed E-state index contributed by atoms with van der Waals surface area (Å²) >= 11 is 0. The standard InChI is InChI=1S/C18H30N4/c19-15-7-5-13(9-17(15)21)11-1-2-12(4-3-11)14-6-8-16(20)18(22)10-14/h1,5-6,12,15-18H,2-4,7-10,19-22H2. The van der Waals surface area contributed by atoms with Crippen LogP contribution in [0, 0.1) is 5.92 Å². The first-order valence-corrected chi connectivity index (χ1v) is 8.64. The van der Waals surface area contributed by atoms with E-state index in [2.05, 4.69) is 18.2 Å². The summed E-state index contributed by atoms with van der Waals surface area (Å²) in [5, 5.41) is 0. The highest BCUT2D eigenvalue weighted by Gasteiger charge is 2.27. The van der Waals surface area contributed by atoms with Crippen LogP contribution in [-0.2, 0) is 0 Å². The van der Waals surface area contributed by atoms with Gasteiger partial charge in [0.1, 0.15) is 0 Å². The highest BCUT2D eigenvalue weighted by Crippen LogP contribution is 2.37. The zero-order chi connectivity index (χ0) is 15.7. The maximum atomic E-state index is 6.13. The summed E-state index contributed by atoms with van der Waals surface area (Å²) in [5.41, 5.74) is 28.7. The lowest BCUT2D eigenvalue weighted by atomic mass is 9.75. The topological polar surface area (TPSA) is 104 Å². The first-order chi connectivity index (χ1) is 10.5. The van der Waals surface area contributed by atoms with E-state index in [0.29, 0.717) is 5.92 Å². The third kappa shape index (κ3) is 3.35. The van der Waals surface area contributed by atoms with E-state index < -0.39 is 0 Å². The molecule has 0 spiro atoms. The molecule has 4 nitrogen and oxygen atoms in total. The van der Waals surface area contributed by atoms with Gasteiger partial charge >= 0.3 is 0 Å². The van der Waals surface area contributed by atoms with Crippen LogP contribution in [0.4, 0.5) is 0 Å². The lowest BCUT2D eigenvalue weighted by molar-refractivity contribution is 0.439. The lowest BCUT2D eigenvalue weighted by Crippen LogP contribution is -2.44. The molecule has 0 saturated carbocycles. The van der Waals surface area contributed by atoms with Gasteiger partial charge in [0.2, 0.25) is 0 Å². The molecule has 0 aromatic rings. The average Bonchev–Trinajstić information content (AvgIpc) is 2.53. The number of rotatable bonds is 2. The summed E-state index contributed by atoms with van der Waals surface area (Å²) in [5.74, 6) is 0.655. The lowest BCUT2D eigenvalue weighted by Gasteiger charge is -2.33. The molecule has 0 aliphatic heterocycles. The number of allylic oxidation sites excluding steroid dienone is 2. The summed E-state index contributed by atoms with van der Waals surface area (Å²) < 4.78 is 0. The van der Waals surface area contributed by atoms with Gasteiger partial charge < -0.3 is 22.9 Å². The van der Waals surface area contributed by atoms with Crippen molar-refractivity contribution >= 4 is 0 Å². The summed E-state index contributed by atoms with van der Waals surface area (Å²) in [4.78, 5) is 0. The van der Waals surface area contributed by atoms with Crippen molar-refractivity contribution in [3.8, 4) is 0 Å². The Morgan fingerprint density at radius 2 is 1.32 bits per heavy atom. The SMILES string of the molecule is NC1CC=C(C2=CCC(C3=CCC(N)C(N)C3)CC2)CC1N. The van der Waals surface area contributed by atoms with Gasteiger partial charge in [-0.3, -0.25) is 0 Å². The third-order valence-corrected chi connectivity index (χ3v) is 5.66. The Morgan fingerprint density at radius 3 is 1.91 bits per heavy atom. The Labute approximate surface area is 133 Å². The minimum absolute atomic E-state index is 0.110. The van der Waals surface area contributed by atoms with E-state index in [9.17, 15) is 0 Å². The van der Waals surface area contributed by atoms with Crippen LogP contribution in [-0.4, -0.2) is 24.2 Å².